The molecule has 0 spiro atoms. The van der Waals surface area contributed by atoms with Gasteiger partial charge in [0.15, 0.2) is 0 Å². The molecule has 1 fully saturated rings. The van der Waals surface area contributed by atoms with Crippen LogP contribution in [0.15, 0.2) is 23.6 Å². The average molecular weight is 316 g/mol. The summed E-state index contributed by atoms with van der Waals surface area (Å²) in [5, 5.41) is 3.33. The molecule has 5 heteroatoms. The standard InChI is InChI=1S/C17H24N4S/c1-13-6-4-8-17(18-13)21-9-5-7-16(11-21)20(3)10-15-12-22-14(2)19-15/h4,6,8,12,16H,5,7,9-11H2,1-3H3. The second-order valence-electron chi connectivity index (χ2n) is 6.15. The zero-order valence-corrected chi connectivity index (χ0v) is 14.4. The number of thiazole rings is 1. The van der Waals surface area contributed by atoms with E-state index in [4.69, 9.17) is 0 Å². The number of nitrogens with zero attached hydrogens (tertiary/aromatic N) is 4. The molecule has 0 aromatic carbocycles. The number of rotatable bonds is 4. The van der Waals surface area contributed by atoms with E-state index in [0.717, 1.165) is 36.2 Å². The molecule has 2 aromatic rings. The van der Waals surface area contributed by atoms with E-state index in [9.17, 15) is 0 Å². The molecule has 3 rings (SSSR count). The summed E-state index contributed by atoms with van der Waals surface area (Å²) in [5.74, 6) is 1.11. The Balaban J connectivity index is 1.64. The third-order valence-corrected chi connectivity index (χ3v) is 5.12. The van der Waals surface area contributed by atoms with Gasteiger partial charge in [0.25, 0.3) is 0 Å². The molecule has 118 valence electrons. The van der Waals surface area contributed by atoms with Crippen LogP contribution >= 0.6 is 11.3 Å². The van der Waals surface area contributed by atoms with Crippen molar-refractivity contribution in [3.05, 3.63) is 40.0 Å². The van der Waals surface area contributed by atoms with Gasteiger partial charge in [0.05, 0.1) is 10.7 Å². The highest BCUT2D eigenvalue weighted by Crippen LogP contribution is 2.22. The minimum Gasteiger partial charge on any atom is -0.355 e. The molecular weight excluding hydrogens is 292 g/mol. The summed E-state index contributed by atoms with van der Waals surface area (Å²) < 4.78 is 0. The van der Waals surface area contributed by atoms with Crippen LogP contribution in [0.3, 0.4) is 0 Å². The fourth-order valence-corrected chi connectivity index (χ4v) is 3.70. The van der Waals surface area contributed by atoms with Gasteiger partial charge >= 0.3 is 0 Å². The largest absolute Gasteiger partial charge is 0.355 e. The summed E-state index contributed by atoms with van der Waals surface area (Å²) in [6, 6.07) is 6.85. The second-order valence-corrected chi connectivity index (χ2v) is 7.21. The number of piperidine rings is 1. The minimum atomic E-state index is 0.568. The third-order valence-electron chi connectivity index (χ3n) is 4.30. The van der Waals surface area contributed by atoms with Crippen LogP contribution in [-0.2, 0) is 6.54 Å². The highest BCUT2D eigenvalue weighted by atomic mass is 32.1. The van der Waals surface area contributed by atoms with Crippen LogP contribution in [-0.4, -0.2) is 41.0 Å². The number of hydrogen-bond acceptors (Lipinski definition) is 5. The van der Waals surface area contributed by atoms with Crippen molar-refractivity contribution >= 4 is 17.2 Å². The Bertz CT molecular complexity index is 625. The molecule has 0 aliphatic carbocycles. The Hall–Kier alpha value is -1.46. The van der Waals surface area contributed by atoms with Gasteiger partial charge in [-0.25, -0.2) is 9.97 Å². The van der Waals surface area contributed by atoms with Gasteiger partial charge < -0.3 is 4.90 Å². The second kappa shape index (κ2) is 6.75. The minimum absolute atomic E-state index is 0.568. The number of pyridine rings is 1. The first-order valence-corrected chi connectivity index (χ1v) is 8.79. The fraction of sp³-hybridized carbons (Fsp3) is 0.529. The van der Waals surface area contributed by atoms with Crippen molar-refractivity contribution in [2.24, 2.45) is 0 Å². The van der Waals surface area contributed by atoms with E-state index < -0.39 is 0 Å². The number of aryl methyl sites for hydroxylation is 2. The molecule has 1 aliphatic rings. The quantitative estimate of drug-likeness (QED) is 0.867. The van der Waals surface area contributed by atoms with Crippen molar-refractivity contribution in [1.82, 2.24) is 14.9 Å². The van der Waals surface area contributed by atoms with E-state index in [-0.39, 0.29) is 0 Å². The van der Waals surface area contributed by atoms with Gasteiger partial charge in [-0.3, -0.25) is 4.90 Å². The normalized spacial score (nSPS) is 18.9. The Morgan fingerprint density at radius 3 is 2.91 bits per heavy atom. The maximum absolute atomic E-state index is 4.67. The zero-order valence-electron chi connectivity index (χ0n) is 13.6. The molecule has 1 unspecified atom stereocenters. The highest BCUT2D eigenvalue weighted by Gasteiger charge is 2.24. The van der Waals surface area contributed by atoms with Crippen molar-refractivity contribution in [2.45, 2.75) is 39.3 Å². The smallest absolute Gasteiger partial charge is 0.128 e. The van der Waals surface area contributed by atoms with Crippen LogP contribution in [0.5, 0.6) is 0 Å². The van der Waals surface area contributed by atoms with Crippen LogP contribution < -0.4 is 4.90 Å². The Kier molecular flexibility index (Phi) is 4.74. The number of anilines is 1. The van der Waals surface area contributed by atoms with Gasteiger partial charge in [0, 0.05) is 36.8 Å². The van der Waals surface area contributed by atoms with Crippen molar-refractivity contribution in [3.8, 4) is 0 Å². The monoisotopic (exact) mass is 316 g/mol. The van der Waals surface area contributed by atoms with Gasteiger partial charge in [0.2, 0.25) is 0 Å². The topological polar surface area (TPSA) is 32.3 Å². The Labute approximate surface area is 136 Å². The van der Waals surface area contributed by atoms with E-state index in [2.05, 4.69) is 64.2 Å². The van der Waals surface area contributed by atoms with Gasteiger partial charge in [-0.15, -0.1) is 11.3 Å². The molecule has 0 amide bonds. The molecule has 0 saturated carbocycles. The third kappa shape index (κ3) is 3.65. The van der Waals surface area contributed by atoms with Gasteiger partial charge in [-0.05, 0) is 45.9 Å². The first-order valence-electron chi connectivity index (χ1n) is 7.91. The van der Waals surface area contributed by atoms with Crippen molar-refractivity contribution in [2.75, 3.05) is 25.0 Å². The van der Waals surface area contributed by atoms with E-state index in [0.29, 0.717) is 6.04 Å². The van der Waals surface area contributed by atoms with Crippen molar-refractivity contribution in [3.63, 3.8) is 0 Å². The molecule has 3 heterocycles. The lowest BCUT2D eigenvalue weighted by molar-refractivity contribution is 0.205. The number of aromatic nitrogens is 2. The molecule has 0 bridgehead atoms. The summed E-state index contributed by atoms with van der Waals surface area (Å²) >= 11 is 1.73. The van der Waals surface area contributed by atoms with Crippen LogP contribution in [0.1, 0.15) is 29.2 Å². The van der Waals surface area contributed by atoms with Crippen molar-refractivity contribution in [1.29, 1.82) is 0 Å². The molecule has 22 heavy (non-hydrogen) atoms. The lowest BCUT2D eigenvalue weighted by Crippen LogP contribution is -2.46. The average Bonchev–Trinajstić information content (AvgIpc) is 2.92. The molecule has 0 radical (unpaired) electrons. The van der Waals surface area contributed by atoms with E-state index in [1.807, 2.05) is 0 Å². The first kappa shape index (κ1) is 15.4. The maximum Gasteiger partial charge on any atom is 0.128 e. The summed E-state index contributed by atoms with van der Waals surface area (Å²) in [7, 11) is 2.21. The molecule has 1 saturated heterocycles. The summed E-state index contributed by atoms with van der Waals surface area (Å²) in [4.78, 5) is 14.1. The fourth-order valence-electron chi connectivity index (χ4n) is 3.09. The van der Waals surface area contributed by atoms with Crippen LogP contribution in [0.25, 0.3) is 0 Å². The summed E-state index contributed by atoms with van der Waals surface area (Å²) in [6.07, 6.45) is 2.47. The summed E-state index contributed by atoms with van der Waals surface area (Å²) in [5.41, 5.74) is 2.28. The lowest BCUT2D eigenvalue weighted by atomic mass is 10.0. The van der Waals surface area contributed by atoms with E-state index >= 15 is 0 Å². The predicted molar refractivity (Wildman–Crippen MR) is 92.5 cm³/mol. The molecule has 1 atom stereocenters. The number of likely N-dealkylation sites (N-methyl/N-ethyl adjacent to an activating group) is 1. The highest BCUT2D eigenvalue weighted by molar-refractivity contribution is 7.09. The van der Waals surface area contributed by atoms with Gasteiger partial charge in [-0.2, -0.15) is 0 Å². The Morgan fingerprint density at radius 2 is 2.18 bits per heavy atom. The van der Waals surface area contributed by atoms with Gasteiger partial charge in [-0.1, -0.05) is 6.07 Å². The van der Waals surface area contributed by atoms with Gasteiger partial charge in [0.1, 0.15) is 5.82 Å². The lowest BCUT2D eigenvalue weighted by Gasteiger charge is -2.38. The number of hydrogen-bond donors (Lipinski definition) is 0. The molecular formula is C17H24N4S. The van der Waals surface area contributed by atoms with E-state index in [1.54, 1.807) is 11.3 Å². The van der Waals surface area contributed by atoms with Crippen molar-refractivity contribution < 1.29 is 0 Å². The summed E-state index contributed by atoms with van der Waals surface area (Å²) in [6.45, 7) is 7.22. The van der Waals surface area contributed by atoms with E-state index in [1.165, 1.54) is 18.5 Å². The predicted octanol–water partition coefficient (Wildman–Crippen LogP) is 3.26. The molecule has 4 nitrogen and oxygen atoms in total. The Morgan fingerprint density at radius 1 is 1.32 bits per heavy atom. The molecule has 1 aliphatic heterocycles. The SMILES string of the molecule is Cc1cccc(N2CCCC(N(C)Cc3csc(C)n3)C2)n1. The molecule has 0 N–H and O–H groups in total. The molecule has 2 aromatic heterocycles. The van der Waals surface area contributed by atoms with Crippen LogP contribution in [0.4, 0.5) is 5.82 Å². The van der Waals surface area contributed by atoms with Crippen LogP contribution in [0, 0.1) is 13.8 Å². The van der Waals surface area contributed by atoms with Crippen LogP contribution in [0.2, 0.25) is 0 Å². The zero-order chi connectivity index (χ0) is 15.5. The first-order chi connectivity index (χ1) is 10.6. The maximum atomic E-state index is 4.67.